The topological polar surface area (TPSA) is 73.0 Å². The second-order valence-corrected chi connectivity index (χ2v) is 13.3. The molecule has 0 radical (unpaired) electrons. The minimum atomic E-state index is -0.342. The smallest absolute Gasteiger partial charge is 0.261 e. The average molecular weight is 657 g/mol. The zero-order valence-corrected chi connectivity index (χ0v) is 27.8. The summed E-state index contributed by atoms with van der Waals surface area (Å²) in [7, 11) is 0. The maximum atomic E-state index is 13.7. The van der Waals surface area contributed by atoms with Crippen LogP contribution in [0, 0.1) is 0 Å². The van der Waals surface area contributed by atoms with Crippen LogP contribution in [0.1, 0.15) is 51.6 Å². The third-order valence-corrected chi connectivity index (χ3v) is 10.4. The SMILES string of the molecule is CCCNC(=O)CCN1C(=O)c2ccc3c4cccc5c(N6CCN(Cc7ccc(CCl)cc7)CC6)ccc(c6ccc(c2c36)C1=O)c54. The summed E-state index contributed by atoms with van der Waals surface area (Å²) >= 11 is 5.98. The van der Waals surface area contributed by atoms with Crippen LogP contribution in [0.4, 0.5) is 5.69 Å². The zero-order valence-electron chi connectivity index (χ0n) is 27.0. The van der Waals surface area contributed by atoms with Gasteiger partial charge in [-0.25, -0.2) is 0 Å². The van der Waals surface area contributed by atoms with E-state index in [0.29, 0.717) is 28.9 Å². The quantitative estimate of drug-likeness (QED) is 0.0765. The molecular weight excluding hydrogens is 620 g/mol. The van der Waals surface area contributed by atoms with Crippen LogP contribution in [-0.4, -0.2) is 66.8 Å². The van der Waals surface area contributed by atoms with E-state index >= 15 is 0 Å². The lowest BCUT2D eigenvalue weighted by molar-refractivity contribution is -0.121. The molecule has 0 saturated carbocycles. The molecule has 1 N–H and O–H groups in total. The first-order chi connectivity index (χ1) is 23.5. The number of fused-ring (bicyclic) bond motifs is 2. The zero-order chi connectivity index (χ0) is 32.9. The molecule has 0 aromatic heterocycles. The Labute approximate surface area is 284 Å². The average Bonchev–Trinajstić information content (AvgIpc) is 3.12. The van der Waals surface area contributed by atoms with E-state index in [1.807, 2.05) is 31.2 Å². The highest BCUT2D eigenvalue weighted by atomic mass is 35.5. The summed E-state index contributed by atoms with van der Waals surface area (Å²) in [5, 5.41) is 11.2. The molecule has 6 aromatic carbocycles. The largest absolute Gasteiger partial charge is 0.368 e. The van der Waals surface area contributed by atoms with E-state index in [2.05, 4.69) is 69.7 Å². The van der Waals surface area contributed by atoms with Gasteiger partial charge in [0, 0.05) is 85.7 Å². The summed E-state index contributed by atoms with van der Waals surface area (Å²) in [6.45, 7) is 7.40. The number of carbonyl (C=O) groups excluding carboxylic acids is 3. The number of carbonyl (C=O) groups is 3. The third-order valence-electron chi connectivity index (χ3n) is 10.1. The highest BCUT2D eigenvalue weighted by molar-refractivity contribution is 6.38. The molecule has 0 spiro atoms. The van der Waals surface area contributed by atoms with Gasteiger partial charge in [-0.2, -0.15) is 0 Å². The molecule has 0 atom stereocenters. The summed E-state index contributed by atoms with van der Waals surface area (Å²) in [6, 6.07) is 27.3. The van der Waals surface area contributed by atoms with Gasteiger partial charge in [0.15, 0.2) is 0 Å². The molecule has 3 amide bonds. The molecule has 8 rings (SSSR count). The minimum absolute atomic E-state index is 0.0541. The number of hydrogen-bond acceptors (Lipinski definition) is 5. The Kier molecular flexibility index (Phi) is 7.89. The van der Waals surface area contributed by atoms with Crippen molar-refractivity contribution in [2.75, 3.05) is 44.2 Å². The second kappa shape index (κ2) is 12.4. The van der Waals surface area contributed by atoms with Gasteiger partial charge >= 0.3 is 0 Å². The van der Waals surface area contributed by atoms with Gasteiger partial charge in [0.25, 0.3) is 11.8 Å². The summed E-state index contributed by atoms with van der Waals surface area (Å²) in [4.78, 5) is 46.0. The number of imide groups is 1. The summed E-state index contributed by atoms with van der Waals surface area (Å²) in [5.41, 5.74) is 4.71. The van der Waals surface area contributed by atoms with E-state index in [1.165, 1.54) is 26.9 Å². The van der Waals surface area contributed by atoms with E-state index in [0.717, 1.165) is 71.6 Å². The van der Waals surface area contributed by atoms with Crippen LogP contribution in [-0.2, 0) is 17.2 Å². The van der Waals surface area contributed by atoms with E-state index in [-0.39, 0.29) is 30.7 Å². The number of nitrogens with one attached hydrogen (secondary N) is 1. The number of piperazine rings is 1. The fourth-order valence-corrected chi connectivity index (χ4v) is 7.89. The number of hydrogen-bond donors (Lipinski definition) is 1. The molecule has 242 valence electrons. The number of benzene rings is 6. The fraction of sp³-hybridized carbons (Fsp3) is 0.275. The number of nitrogens with zero attached hydrogens (tertiary/aromatic N) is 3. The molecule has 2 aliphatic rings. The van der Waals surface area contributed by atoms with Crippen LogP contribution in [0.5, 0.6) is 0 Å². The number of amides is 3. The van der Waals surface area contributed by atoms with Crippen LogP contribution in [0.3, 0.4) is 0 Å². The monoisotopic (exact) mass is 656 g/mol. The maximum Gasteiger partial charge on any atom is 0.261 e. The number of alkyl halides is 1. The minimum Gasteiger partial charge on any atom is -0.368 e. The van der Waals surface area contributed by atoms with E-state index in [9.17, 15) is 14.4 Å². The molecule has 7 nitrogen and oxygen atoms in total. The van der Waals surface area contributed by atoms with Crippen molar-refractivity contribution in [1.29, 1.82) is 0 Å². The molecule has 1 fully saturated rings. The van der Waals surface area contributed by atoms with Gasteiger partial charge in [-0.3, -0.25) is 24.2 Å². The van der Waals surface area contributed by atoms with Gasteiger partial charge < -0.3 is 10.2 Å². The van der Waals surface area contributed by atoms with Crippen molar-refractivity contribution in [2.45, 2.75) is 32.2 Å². The van der Waals surface area contributed by atoms with Gasteiger partial charge in [0.1, 0.15) is 0 Å². The van der Waals surface area contributed by atoms with E-state index in [4.69, 9.17) is 11.6 Å². The van der Waals surface area contributed by atoms with Gasteiger partial charge in [-0.1, -0.05) is 67.6 Å². The Balaban J connectivity index is 1.13. The van der Waals surface area contributed by atoms with Crippen molar-refractivity contribution < 1.29 is 14.4 Å². The second-order valence-electron chi connectivity index (χ2n) is 13.0. The predicted octanol–water partition coefficient (Wildman–Crippen LogP) is 7.31. The van der Waals surface area contributed by atoms with Crippen molar-refractivity contribution >= 4 is 78.1 Å². The third kappa shape index (κ3) is 5.04. The first-order valence-corrected chi connectivity index (χ1v) is 17.4. The molecule has 8 heteroatoms. The standard InChI is InChI=1S/C40H37ClN4O3/c1-2-17-42-35(46)16-18-45-39(47)32-12-10-29-27-4-3-5-31-34(44-21-19-43(20-22-44)24-26-8-6-25(23-41)7-9-26)15-14-28(36(27)31)30-11-13-33(40(45)48)38(32)37(29)30/h3-15H,2,16-24H2,1H3,(H,42,46). The lowest BCUT2D eigenvalue weighted by Gasteiger charge is -2.37. The molecule has 48 heavy (non-hydrogen) atoms. The van der Waals surface area contributed by atoms with Crippen LogP contribution in [0.15, 0.2) is 78.9 Å². The molecule has 6 aromatic rings. The van der Waals surface area contributed by atoms with Crippen molar-refractivity contribution in [2.24, 2.45) is 0 Å². The lowest BCUT2D eigenvalue weighted by atomic mass is 9.84. The molecule has 2 aliphatic heterocycles. The highest BCUT2D eigenvalue weighted by Crippen LogP contribution is 2.45. The van der Waals surface area contributed by atoms with Gasteiger partial charge in [-0.15, -0.1) is 11.6 Å². The first-order valence-electron chi connectivity index (χ1n) is 16.9. The molecule has 0 bridgehead atoms. The van der Waals surface area contributed by atoms with Gasteiger partial charge in [-0.05, 0) is 68.1 Å². The van der Waals surface area contributed by atoms with Crippen LogP contribution < -0.4 is 10.2 Å². The maximum absolute atomic E-state index is 13.7. The molecule has 1 saturated heterocycles. The Bertz CT molecular complexity index is 2150. The Morgan fingerprint density at radius 2 is 1.31 bits per heavy atom. The predicted molar refractivity (Wildman–Crippen MR) is 194 cm³/mol. The lowest BCUT2D eigenvalue weighted by Crippen LogP contribution is -2.46. The molecule has 0 unspecified atom stereocenters. The number of halogens is 1. The van der Waals surface area contributed by atoms with Crippen molar-refractivity contribution in [3.63, 3.8) is 0 Å². The molecule has 2 heterocycles. The summed E-state index contributed by atoms with van der Waals surface area (Å²) < 4.78 is 0. The number of anilines is 1. The summed E-state index contributed by atoms with van der Waals surface area (Å²) in [6.07, 6.45) is 0.913. The van der Waals surface area contributed by atoms with Crippen molar-refractivity contribution in [1.82, 2.24) is 15.1 Å². The van der Waals surface area contributed by atoms with Crippen LogP contribution >= 0.6 is 11.6 Å². The number of rotatable bonds is 9. The van der Waals surface area contributed by atoms with Gasteiger partial charge in [0.2, 0.25) is 5.91 Å². The van der Waals surface area contributed by atoms with E-state index in [1.54, 1.807) is 0 Å². The Morgan fingerprint density at radius 1 is 0.708 bits per heavy atom. The highest BCUT2D eigenvalue weighted by Gasteiger charge is 2.34. The fourth-order valence-electron chi connectivity index (χ4n) is 7.71. The van der Waals surface area contributed by atoms with Crippen molar-refractivity contribution in [3.05, 3.63) is 101 Å². The molecule has 0 aliphatic carbocycles. The molecular formula is C40H37ClN4O3. The first kappa shape index (κ1) is 30.6. The van der Waals surface area contributed by atoms with Crippen LogP contribution in [0.2, 0.25) is 0 Å². The Hall–Kier alpha value is -4.72. The van der Waals surface area contributed by atoms with Crippen LogP contribution in [0.25, 0.3) is 43.1 Å². The Morgan fingerprint density at radius 3 is 1.98 bits per heavy atom. The van der Waals surface area contributed by atoms with Crippen molar-refractivity contribution in [3.8, 4) is 0 Å². The summed E-state index contributed by atoms with van der Waals surface area (Å²) in [5.74, 6) is -0.306. The normalized spacial score (nSPS) is 15.5. The van der Waals surface area contributed by atoms with Gasteiger partial charge in [0.05, 0.1) is 0 Å². The van der Waals surface area contributed by atoms with E-state index < -0.39 is 0 Å².